The smallest absolute Gasteiger partial charge is 0.270 e. The maximum atomic E-state index is 11.4. The number of nitro groups is 1. The van der Waals surface area contributed by atoms with Gasteiger partial charge >= 0.3 is 0 Å². The van der Waals surface area contributed by atoms with Crippen molar-refractivity contribution in [1.29, 1.82) is 0 Å². The minimum absolute atomic E-state index is 0.0178. The van der Waals surface area contributed by atoms with E-state index in [1.807, 2.05) is 0 Å². The Morgan fingerprint density at radius 2 is 2.08 bits per heavy atom. The zero-order chi connectivity index (χ0) is 21.0. The zero-order valence-electron chi connectivity index (χ0n) is 16.9. The summed E-state index contributed by atoms with van der Waals surface area (Å²) in [5.41, 5.74) is 0.726. The number of non-ortho nitro benzene ring substituents is 1. The van der Waals surface area contributed by atoms with E-state index in [1.54, 1.807) is 11.5 Å². The van der Waals surface area contributed by atoms with E-state index in [0.29, 0.717) is 22.9 Å². The number of hydrogen-bond donors (Lipinski definition) is 0. The van der Waals surface area contributed by atoms with Crippen LogP contribution in [0.25, 0.3) is 5.69 Å². The van der Waals surface area contributed by atoms with Gasteiger partial charge in [-0.15, -0.1) is 10.2 Å². The number of nitrogens with zero attached hydrogens (tertiary/aromatic N) is 5. The molecule has 0 saturated carbocycles. The molecule has 2 heterocycles. The van der Waals surface area contributed by atoms with Crippen LogP contribution in [0.3, 0.4) is 0 Å². The highest BCUT2D eigenvalue weighted by Crippen LogP contribution is 2.30. The van der Waals surface area contributed by atoms with Crippen molar-refractivity contribution < 1.29 is 10.4 Å². The predicted octanol–water partition coefficient (Wildman–Crippen LogP) is 3.49. The van der Waals surface area contributed by atoms with Crippen LogP contribution in [0.2, 0.25) is 5.02 Å². The monoisotopic (exact) mass is 357 g/mol. The average molecular weight is 358 g/mol. The number of benzene rings is 2. The first-order valence-corrected chi connectivity index (χ1v) is 7.61. The van der Waals surface area contributed by atoms with Crippen molar-refractivity contribution >= 4 is 23.0 Å². The molecule has 0 radical (unpaired) electrons. The lowest BCUT2D eigenvalue weighted by atomic mass is 9.99. The first-order chi connectivity index (χ1) is 13.7. The summed E-state index contributed by atoms with van der Waals surface area (Å²) in [5.74, 6) is 1.04. The molecule has 4 rings (SSSR count). The highest BCUT2D eigenvalue weighted by molar-refractivity contribution is 6.35. The number of rotatable bonds is 2. The third-order valence-corrected chi connectivity index (χ3v) is 4.12. The number of hydrogen-bond acceptors (Lipinski definition) is 5. The number of halogens is 1. The fourth-order valence-electron chi connectivity index (χ4n) is 2.75. The van der Waals surface area contributed by atoms with Crippen LogP contribution < -0.4 is 0 Å². The summed E-state index contributed by atoms with van der Waals surface area (Å²) in [6.07, 6.45) is 0. The van der Waals surface area contributed by atoms with Gasteiger partial charge in [0.15, 0.2) is 5.82 Å². The molecule has 0 saturated heterocycles. The van der Waals surface area contributed by atoms with Crippen molar-refractivity contribution in [1.82, 2.24) is 14.8 Å². The molecule has 8 heteroatoms. The fourth-order valence-corrected chi connectivity index (χ4v) is 2.94. The first-order valence-electron chi connectivity index (χ1n) is 9.23. The molecule has 0 bridgehead atoms. The number of fused-ring (bicyclic) bond motifs is 3. The molecule has 2 aromatic carbocycles. The summed E-state index contributed by atoms with van der Waals surface area (Å²) in [6, 6.07) is 2.47. The second kappa shape index (κ2) is 5.78. The molecule has 0 unspecified atom stereocenters. The molecular weight excluding hydrogens is 342 g/mol. The van der Waals surface area contributed by atoms with E-state index in [1.165, 1.54) is 18.2 Å². The van der Waals surface area contributed by atoms with Crippen molar-refractivity contribution in [3.63, 3.8) is 0 Å². The second-order valence-corrected chi connectivity index (χ2v) is 5.69. The first kappa shape index (κ1) is 11.5. The Kier molecular flexibility index (Phi) is 2.66. The SMILES string of the molecule is [2H]c1c([2H])c([2H])c(C2=NCc3nnc(C)n3-c3ccc([N+](=O)[O-])cc32)c(Cl)c1[2H]. The van der Waals surface area contributed by atoms with Crippen LogP contribution >= 0.6 is 11.6 Å². The lowest BCUT2D eigenvalue weighted by Gasteiger charge is -2.13. The van der Waals surface area contributed by atoms with Gasteiger partial charge in [0, 0.05) is 28.3 Å². The van der Waals surface area contributed by atoms with E-state index in [-0.39, 0.29) is 34.6 Å². The van der Waals surface area contributed by atoms with E-state index in [0.717, 1.165) is 0 Å². The summed E-state index contributed by atoms with van der Waals surface area (Å²) >= 11 is 6.29. The molecule has 0 fully saturated rings. The van der Waals surface area contributed by atoms with Gasteiger partial charge in [-0.2, -0.15) is 0 Å². The van der Waals surface area contributed by atoms with Gasteiger partial charge in [-0.1, -0.05) is 29.7 Å². The van der Waals surface area contributed by atoms with Gasteiger partial charge in [0.1, 0.15) is 12.4 Å². The van der Waals surface area contributed by atoms with Gasteiger partial charge < -0.3 is 0 Å². The third kappa shape index (κ3) is 2.49. The topological polar surface area (TPSA) is 86.2 Å². The van der Waals surface area contributed by atoms with E-state index in [9.17, 15) is 10.1 Å². The lowest BCUT2D eigenvalue weighted by Crippen LogP contribution is -2.09. The average Bonchev–Trinajstić information content (AvgIpc) is 2.98. The minimum Gasteiger partial charge on any atom is -0.281 e. The summed E-state index contributed by atoms with van der Waals surface area (Å²) in [7, 11) is 0. The Morgan fingerprint density at radius 1 is 1.28 bits per heavy atom. The molecule has 0 aliphatic carbocycles. The van der Waals surface area contributed by atoms with Crippen molar-refractivity contribution in [3.8, 4) is 5.69 Å². The van der Waals surface area contributed by atoms with Crippen LogP contribution in [-0.2, 0) is 6.54 Å². The largest absolute Gasteiger partial charge is 0.281 e. The molecule has 0 atom stereocenters. The van der Waals surface area contributed by atoms with Crippen LogP contribution in [0.1, 0.15) is 28.3 Å². The maximum absolute atomic E-state index is 11.4. The quantitative estimate of drug-likeness (QED) is 0.519. The molecule has 1 aromatic heterocycles. The number of aliphatic imine (C=N–C) groups is 1. The second-order valence-electron chi connectivity index (χ2n) is 5.31. The van der Waals surface area contributed by atoms with E-state index in [2.05, 4.69) is 15.2 Å². The molecule has 3 aromatic rings. The van der Waals surface area contributed by atoms with Crippen molar-refractivity contribution in [2.45, 2.75) is 13.5 Å². The predicted molar refractivity (Wildman–Crippen MR) is 93.5 cm³/mol. The Balaban J connectivity index is 2.09. The summed E-state index contributed by atoms with van der Waals surface area (Å²) in [5, 5.41) is 19.3. The summed E-state index contributed by atoms with van der Waals surface area (Å²) in [4.78, 5) is 15.3. The van der Waals surface area contributed by atoms with Crippen LogP contribution in [-0.4, -0.2) is 25.4 Å². The highest BCUT2D eigenvalue weighted by Gasteiger charge is 2.24. The summed E-state index contributed by atoms with van der Waals surface area (Å²) in [6.45, 7) is 1.78. The zero-order valence-corrected chi connectivity index (χ0v) is 13.6. The van der Waals surface area contributed by atoms with Gasteiger partial charge in [-0.05, 0) is 19.0 Å². The molecular formula is C17H12ClN5O2. The van der Waals surface area contributed by atoms with Gasteiger partial charge in [-0.3, -0.25) is 19.7 Å². The molecule has 0 N–H and O–H groups in total. The number of aromatic nitrogens is 3. The normalized spacial score (nSPS) is 15.0. The Hall–Kier alpha value is -3.06. The Labute approximate surface area is 153 Å². The number of aryl methyl sites for hydroxylation is 1. The van der Waals surface area contributed by atoms with Crippen molar-refractivity contribution in [3.05, 3.63) is 80.3 Å². The van der Waals surface area contributed by atoms with Gasteiger partial charge in [0.2, 0.25) is 0 Å². The van der Waals surface area contributed by atoms with Crippen molar-refractivity contribution in [2.24, 2.45) is 4.99 Å². The molecule has 0 amide bonds. The Bertz CT molecular complexity index is 1210. The third-order valence-electron chi connectivity index (χ3n) is 3.84. The van der Waals surface area contributed by atoms with E-state index in [4.69, 9.17) is 17.1 Å². The van der Waals surface area contributed by atoms with Crippen LogP contribution in [0.4, 0.5) is 5.69 Å². The van der Waals surface area contributed by atoms with Gasteiger partial charge in [0.25, 0.3) is 5.69 Å². The van der Waals surface area contributed by atoms with Crippen LogP contribution in [0.15, 0.2) is 47.4 Å². The highest BCUT2D eigenvalue weighted by atomic mass is 35.5. The number of nitro benzene ring substituents is 1. The molecule has 0 spiro atoms. The lowest BCUT2D eigenvalue weighted by molar-refractivity contribution is -0.384. The minimum atomic E-state index is -0.551. The van der Waals surface area contributed by atoms with E-state index >= 15 is 0 Å². The molecule has 25 heavy (non-hydrogen) atoms. The van der Waals surface area contributed by atoms with Crippen LogP contribution in [0.5, 0.6) is 0 Å². The molecule has 1 aliphatic rings. The fraction of sp³-hybridized carbons (Fsp3) is 0.118. The van der Waals surface area contributed by atoms with Crippen molar-refractivity contribution in [2.75, 3.05) is 0 Å². The maximum Gasteiger partial charge on any atom is 0.270 e. The molecule has 124 valence electrons. The molecule has 7 nitrogen and oxygen atoms in total. The standard InChI is InChI=1S/C17H12ClN5O2/c1-10-20-21-16-9-19-17(12-4-2-3-5-14(12)18)13-8-11(23(24)25)6-7-15(13)22(10)16/h2-8H,9H2,1H3/i2D,3D,4D,5D. The molecule has 1 aliphatic heterocycles. The van der Waals surface area contributed by atoms with Crippen LogP contribution in [0, 0.1) is 17.0 Å². The van der Waals surface area contributed by atoms with Gasteiger partial charge in [-0.25, -0.2) is 0 Å². The summed E-state index contributed by atoms with van der Waals surface area (Å²) < 4.78 is 33.8. The van der Waals surface area contributed by atoms with Gasteiger partial charge in [0.05, 0.1) is 21.8 Å². The Morgan fingerprint density at radius 3 is 2.88 bits per heavy atom. The van der Waals surface area contributed by atoms with E-state index < -0.39 is 23.1 Å².